The molecule has 42 heavy (non-hydrogen) atoms. The largest absolute Gasteiger partial charge is 0.469 e. The van der Waals surface area contributed by atoms with E-state index in [1.807, 2.05) is 0 Å². The summed E-state index contributed by atoms with van der Waals surface area (Å²) in [7, 11) is -4.75. The van der Waals surface area contributed by atoms with Gasteiger partial charge >= 0.3 is 19.8 Å². The van der Waals surface area contributed by atoms with Gasteiger partial charge in [-0.25, -0.2) is 4.57 Å². The predicted molar refractivity (Wildman–Crippen MR) is 170 cm³/mol. The van der Waals surface area contributed by atoms with E-state index in [0.717, 1.165) is 51.4 Å². The molecule has 0 unspecified atom stereocenters. The second-order valence-corrected chi connectivity index (χ2v) is 12.0. The molecule has 0 radical (unpaired) electrons. The normalized spacial score (nSPS) is 13.0. The Morgan fingerprint density at radius 2 is 1.07 bits per heavy atom. The summed E-state index contributed by atoms with van der Waals surface area (Å²) in [6.07, 6.45) is 31.6. The van der Waals surface area contributed by atoms with Crippen LogP contribution in [-0.4, -0.2) is 41.0 Å². The third-order valence-corrected chi connectivity index (χ3v) is 7.15. The van der Waals surface area contributed by atoms with Gasteiger partial charge in [-0.05, 0) is 51.4 Å². The molecule has 244 valence electrons. The van der Waals surface area contributed by atoms with Crippen molar-refractivity contribution in [1.82, 2.24) is 0 Å². The first-order valence-electron chi connectivity index (χ1n) is 16.3. The Morgan fingerprint density at radius 1 is 0.619 bits per heavy atom. The fraction of sp³-hybridized carbons (Fsp3) is 0.758. The Hall–Kier alpha value is -1.73. The van der Waals surface area contributed by atoms with Crippen molar-refractivity contribution >= 4 is 19.8 Å². The number of phosphoric ester groups is 1. The Balaban J connectivity index is 4.12. The summed E-state index contributed by atoms with van der Waals surface area (Å²) in [5.41, 5.74) is 0. The van der Waals surface area contributed by atoms with Gasteiger partial charge in [0.25, 0.3) is 0 Å². The zero-order chi connectivity index (χ0) is 31.2. The molecule has 0 bridgehead atoms. The number of hydrogen-bond donors (Lipinski definition) is 2. The summed E-state index contributed by atoms with van der Waals surface area (Å²) >= 11 is 0. The van der Waals surface area contributed by atoms with E-state index in [9.17, 15) is 14.2 Å². The molecule has 0 amide bonds. The van der Waals surface area contributed by atoms with Crippen LogP contribution in [0.25, 0.3) is 0 Å². The number of carbonyl (C=O) groups is 2. The molecule has 0 rings (SSSR count). The maximum Gasteiger partial charge on any atom is 0.469 e. The number of esters is 2. The highest BCUT2D eigenvalue weighted by molar-refractivity contribution is 7.46. The van der Waals surface area contributed by atoms with Crippen molar-refractivity contribution in [2.24, 2.45) is 0 Å². The van der Waals surface area contributed by atoms with Crippen LogP contribution >= 0.6 is 7.82 Å². The van der Waals surface area contributed by atoms with Gasteiger partial charge in [-0.2, -0.15) is 0 Å². The van der Waals surface area contributed by atoms with Crippen LogP contribution in [0.5, 0.6) is 0 Å². The molecule has 2 N–H and O–H groups in total. The van der Waals surface area contributed by atoms with E-state index < -0.39 is 32.5 Å². The highest BCUT2D eigenvalue weighted by atomic mass is 31.2. The van der Waals surface area contributed by atoms with Crippen molar-refractivity contribution in [1.29, 1.82) is 0 Å². The number of rotatable bonds is 29. The summed E-state index contributed by atoms with van der Waals surface area (Å²) < 4.78 is 26.1. The number of unbranched alkanes of at least 4 members (excludes halogenated alkanes) is 13. The maximum atomic E-state index is 12.3. The topological polar surface area (TPSA) is 119 Å². The van der Waals surface area contributed by atoms with E-state index in [-0.39, 0.29) is 19.4 Å². The molecule has 0 aliphatic carbocycles. The summed E-state index contributed by atoms with van der Waals surface area (Å²) in [6, 6.07) is 0. The Labute approximate surface area is 255 Å². The Kier molecular flexibility index (Phi) is 28.1. The van der Waals surface area contributed by atoms with Crippen LogP contribution in [0.15, 0.2) is 36.5 Å². The van der Waals surface area contributed by atoms with E-state index in [4.69, 9.17) is 19.3 Å². The fourth-order valence-corrected chi connectivity index (χ4v) is 4.56. The molecular formula is C33H59O8P. The quantitative estimate of drug-likeness (QED) is 0.0371. The highest BCUT2D eigenvalue weighted by Crippen LogP contribution is 2.35. The van der Waals surface area contributed by atoms with E-state index in [2.05, 4.69) is 54.8 Å². The number of phosphoric acid groups is 1. The number of hydrogen-bond acceptors (Lipinski definition) is 6. The zero-order valence-corrected chi connectivity index (χ0v) is 27.3. The van der Waals surface area contributed by atoms with Crippen molar-refractivity contribution in [3.8, 4) is 0 Å². The molecule has 0 aromatic rings. The molecule has 0 aliphatic heterocycles. The molecule has 0 aromatic carbocycles. The smallest absolute Gasteiger partial charge is 0.462 e. The predicted octanol–water partition coefficient (Wildman–Crippen LogP) is 9.06. The third-order valence-electron chi connectivity index (χ3n) is 6.66. The maximum absolute atomic E-state index is 12.3. The molecule has 0 saturated carbocycles. The molecule has 8 nitrogen and oxygen atoms in total. The van der Waals surface area contributed by atoms with Gasteiger partial charge in [0.1, 0.15) is 6.61 Å². The first-order valence-corrected chi connectivity index (χ1v) is 17.8. The van der Waals surface area contributed by atoms with E-state index in [1.54, 1.807) is 0 Å². The fourth-order valence-electron chi connectivity index (χ4n) is 4.20. The lowest BCUT2D eigenvalue weighted by molar-refractivity contribution is -0.161. The van der Waals surface area contributed by atoms with Crippen LogP contribution in [0.1, 0.15) is 142 Å². The van der Waals surface area contributed by atoms with Gasteiger partial charge in [-0.15, -0.1) is 0 Å². The van der Waals surface area contributed by atoms with Crippen molar-refractivity contribution in [3.05, 3.63) is 36.5 Å². The van der Waals surface area contributed by atoms with Crippen molar-refractivity contribution in [3.63, 3.8) is 0 Å². The van der Waals surface area contributed by atoms with Crippen LogP contribution in [-0.2, 0) is 28.2 Å². The van der Waals surface area contributed by atoms with Crippen LogP contribution in [0.4, 0.5) is 0 Å². The summed E-state index contributed by atoms with van der Waals surface area (Å²) in [4.78, 5) is 42.4. The molecule has 0 aromatic heterocycles. The van der Waals surface area contributed by atoms with Crippen LogP contribution in [0.2, 0.25) is 0 Å². The van der Waals surface area contributed by atoms with Crippen molar-refractivity contribution < 1.29 is 37.9 Å². The number of ether oxygens (including phenoxy) is 2. The van der Waals surface area contributed by atoms with Gasteiger partial charge in [0.05, 0.1) is 6.61 Å². The second-order valence-electron chi connectivity index (χ2n) is 10.8. The zero-order valence-electron chi connectivity index (χ0n) is 26.4. The first-order chi connectivity index (χ1) is 20.3. The van der Waals surface area contributed by atoms with Crippen molar-refractivity contribution in [2.45, 2.75) is 148 Å². The Morgan fingerprint density at radius 3 is 1.64 bits per heavy atom. The highest BCUT2D eigenvalue weighted by Gasteiger charge is 2.22. The minimum atomic E-state index is -4.75. The van der Waals surface area contributed by atoms with Gasteiger partial charge in [0.2, 0.25) is 0 Å². The average molecular weight is 615 g/mol. The van der Waals surface area contributed by atoms with E-state index in [0.29, 0.717) is 6.42 Å². The molecule has 0 fully saturated rings. The van der Waals surface area contributed by atoms with Gasteiger partial charge in [-0.3, -0.25) is 14.1 Å². The molecule has 1 atom stereocenters. The second kappa shape index (κ2) is 29.3. The monoisotopic (exact) mass is 614 g/mol. The molecule has 0 heterocycles. The number of allylic oxidation sites excluding steroid dienone is 6. The van der Waals surface area contributed by atoms with Gasteiger partial charge in [0, 0.05) is 12.8 Å². The van der Waals surface area contributed by atoms with Gasteiger partial charge in [0.15, 0.2) is 6.10 Å². The molecule has 0 aliphatic rings. The standard InChI is InChI=1S/C33H59O8P/c1-3-5-7-9-11-13-14-15-16-17-18-20-22-24-26-28-33(35)41-31(30-40-42(36,37)38)29-39-32(34)27-25-23-21-19-12-10-8-6-4-2/h11,13,15-16,18,20,31H,3-10,12,14,17,19,21-30H2,1-2H3,(H2,36,37,38)/b13-11+,16-15+,20-18+/t31-/m1/s1. The average Bonchev–Trinajstić information content (AvgIpc) is 2.95. The summed E-state index contributed by atoms with van der Waals surface area (Å²) in [5.74, 6) is -0.936. The molecular weight excluding hydrogens is 555 g/mol. The third kappa shape index (κ3) is 31.2. The summed E-state index contributed by atoms with van der Waals surface area (Å²) in [5, 5.41) is 0. The molecule has 0 saturated heterocycles. The van der Waals surface area contributed by atoms with Crippen LogP contribution in [0, 0.1) is 0 Å². The molecule has 9 heteroatoms. The SMILES string of the molecule is CCCCC/C=C/C/C=C/C/C=C/CCCCC(=O)O[C@H](COC(=O)CCCCCCCCCCC)COP(=O)(O)O. The number of carbonyl (C=O) groups excluding carboxylic acids is 2. The minimum absolute atomic E-state index is 0.164. The lowest BCUT2D eigenvalue weighted by atomic mass is 10.1. The summed E-state index contributed by atoms with van der Waals surface area (Å²) in [6.45, 7) is 3.56. The minimum Gasteiger partial charge on any atom is -0.462 e. The van der Waals surface area contributed by atoms with Crippen LogP contribution < -0.4 is 0 Å². The van der Waals surface area contributed by atoms with E-state index in [1.165, 1.54) is 57.8 Å². The first kappa shape index (κ1) is 40.3. The van der Waals surface area contributed by atoms with Crippen molar-refractivity contribution in [2.75, 3.05) is 13.2 Å². The van der Waals surface area contributed by atoms with E-state index >= 15 is 0 Å². The Bertz CT molecular complexity index is 787. The van der Waals surface area contributed by atoms with Gasteiger partial charge in [-0.1, -0.05) is 115 Å². The van der Waals surface area contributed by atoms with Gasteiger partial charge < -0.3 is 19.3 Å². The lowest BCUT2D eigenvalue weighted by Crippen LogP contribution is -2.29. The lowest BCUT2D eigenvalue weighted by Gasteiger charge is -2.18. The van der Waals surface area contributed by atoms with Crippen LogP contribution in [0.3, 0.4) is 0 Å². The molecule has 0 spiro atoms.